The van der Waals surface area contributed by atoms with Crippen molar-refractivity contribution in [2.24, 2.45) is 28.7 Å². The van der Waals surface area contributed by atoms with Gasteiger partial charge >= 0.3 is 5.97 Å². The van der Waals surface area contributed by atoms with Crippen LogP contribution in [0.2, 0.25) is 0 Å². The highest BCUT2D eigenvalue weighted by Crippen LogP contribution is 2.40. The summed E-state index contributed by atoms with van der Waals surface area (Å²) in [5.74, 6) is -5.21. The van der Waals surface area contributed by atoms with Gasteiger partial charge in [0.2, 0.25) is 5.91 Å². The number of aliphatic imine (C=N–C) groups is 1. The minimum absolute atomic E-state index is 0.0411. The first-order valence-corrected chi connectivity index (χ1v) is 20.4. The smallest absolute Gasteiger partial charge is 0.316 e. The van der Waals surface area contributed by atoms with Gasteiger partial charge in [-0.2, -0.15) is 5.48 Å². The van der Waals surface area contributed by atoms with Crippen LogP contribution in [0.25, 0.3) is 11.1 Å². The number of cyclic esters (lactones) is 1. The molecule has 5 rings (SSSR count). The van der Waals surface area contributed by atoms with Gasteiger partial charge in [0.15, 0.2) is 24.0 Å². The Labute approximate surface area is 341 Å². The number of nitrogens with zero attached hydrogens (tertiary/aromatic N) is 3. The zero-order valence-electron chi connectivity index (χ0n) is 35.8. The van der Waals surface area contributed by atoms with Crippen molar-refractivity contribution in [1.82, 2.24) is 15.4 Å². The molecule has 0 spiro atoms. The molecule has 16 nitrogen and oxygen atoms in total. The van der Waals surface area contributed by atoms with Gasteiger partial charge in [-0.05, 0) is 84.7 Å². The molecule has 14 atom stereocenters. The van der Waals surface area contributed by atoms with Gasteiger partial charge in [0.25, 0.3) is 0 Å². The Morgan fingerprint density at radius 2 is 1.83 bits per heavy atom. The van der Waals surface area contributed by atoms with Crippen molar-refractivity contribution in [3.05, 3.63) is 30.2 Å². The van der Waals surface area contributed by atoms with E-state index in [1.807, 2.05) is 64.9 Å². The number of nitrogens with one attached hydrogen (secondary N) is 1. The minimum atomic E-state index is -1.82. The zero-order valence-corrected chi connectivity index (χ0v) is 35.8. The zero-order chi connectivity index (χ0) is 42.7. The quantitative estimate of drug-likeness (QED) is 0.197. The highest BCUT2D eigenvalue weighted by molar-refractivity contribution is 6.00. The monoisotopic (exact) mass is 816 g/mol. The number of amides is 1. The molecular weight excluding hydrogens is 752 g/mol. The number of oxazole rings is 1. The third-order valence-corrected chi connectivity index (χ3v) is 12.1. The van der Waals surface area contributed by atoms with Crippen molar-refractivity contribution >= 4 is 34.5 Å². The number of Topliss-reactive ketones (excluding diaryl/α,β-unsaturated/α-hetero) is 1. The third-order valence-electron chi connectivity index (χ3n) is 12.1. The third kappa shape index (κ3) is 10.2. The predicted molar refractivity (Wildman–Crippen MR) is 212 cm³/mol. The molecule has 0 saturated carbocycles. The summed E-state index contributed by atoms with van der Waals surface area (Å²) in [4.78, 5) is 57.8. The van der Waals surface area contributed by atoms with Crippen LogP contribution < -0.4 is 5.48 Å². The van der Waals surface area contributed by atoms with Crippen LogP contribution in [0.1, 0.15) is 87.1 Å². The maximum absolute atomic E-state index is 14.5. The molecule has 2 bridgehead atoms. The summed E-state index contributed by atoms with van der Waals surface area (Å²) in [6, 6.07) is 4.55. The Bertz CT molecular complexity index is 1770. The topological polar surface area (TPSA) is 201 Å². The number of likely N-dealkylation sites (N-methyl/N-ethyl adjacent to an activating group) is 1. The Morgan fingerprint density at radius 3 is 2.50 bits per heavy atom. The van der Waals surface area contributed by atoms with E-state index in [-0.39, 0.29) is 44.8 Å². The summed E-state index contributed by atoms with van der Waals surface area (Å²) in [5, 5.41) is 24.1. The lowest BCUT2D eigenvalue weighted by Crippen LogP contribution is -2.60. The molecule has 1 unspecified atom stereocenters. The second-order valence-corrected chi connectivity index (χ2v) is 17.2. The summed E-state index contributed by atoms with van der Waals surface area (Å²) >= 11 is 0. The van der Waals surface area contributed by atoms with Gasteiger partial charge in [0, 0.05) is 30.5 Å². The molecule has 3 N–H and O–H groups in total. The molecule has 1 aromatic carbocycles. The van der Waals surface area contributed by atoms with Crippen LogP contribution in [0, 0.1) is 23.7 Å². The number of aliphatic hydroxyl groups excluding tert-OH is 1. The van der Waals surface area contributed by atoms with E-state index in [1.54, 1.807) is 13.8 Å². The lowest BCUT2D eigenvalue weighted by atomic mass is 9.73. The molecule has 1 aromatic heterocycles. The minimum Gasteiger partial charge on any atom is -0.459 e. The molecule has 4 heterocycles. The van der Waals surface area contributed by atoms with Gasteiger partial charge in [-0.3, -0.25) is 19.2 Å². The predicted octanol–water partition coefficient (Wildman–Crippen LogP) is 3.78. The number of aromatic nitrogens is 1. The number of rotatable bonds is 8. The maximum atomic E-state index is 14.5. The average molecular weight is 817 g/mol. The first kappa shape index (κ1) is 45.9. The molecular formula is C42H64N4O12. The number of hydrogen-bond acceptors (Lipinski definition) is 15. The molecule has 58 heavy (non-hydrogen) atoms. The van der Waals surface area contributed by atoms with Crippen molar-refractivity contribution in [2.45, 2.75) is 148 Å². The number of hydroxylamine groups is 1. The van der Waals surface area contributed by atoms with Gasteiger partial charge in [-0.1, -0.05) is 33.8 Å². The largest absolute Gasteiger partial charge is 0.459 e. The number of benzene rings is 1. The van der Waals surface area contributed by atoms with Gasteiger partial charge < -0.3 is 43.2 Å². The number of ketones is 1. The lowest BCUT2D eigenvalue weighted by molar-refractivity contribution is -0.298. The van der Waals surface area contributed by atoms with E-state index in [0.717, 1.165) is 5.56 Å². The van der Waals surface area contributed by atoms with Crippen LogP contribution in [-0.4, -0.2) is 131 Å². The number of aliphatic hydroxyl groups is 2. The Balaban J connectivity index is 1.63. The summed E-state index contributed by atoms with van der Waals surface area (Å²) in [6.07, 6.45) is -3.57. The van der Waals surface area contributed by atoms with Crippen LogP contribution in [-0.2, 0) is 49.5 Å². The first-order chi connectivity index (χ1) is 27.3. The standard InChI is InChI=1S/C42H64N4O12/c1-12-33-42(9,51)38-24(4)34(44-27(7)47)22(2)17-41(8,54-20-29(19-52-38)45-55-18-28-13-14-30-32(16-28)53-21-43-30)37(25(5)35(48)26(6)39(50)57-33)58-40-36(49)31(46(10)11)15-23(3)56-40/h13-14,16,21-26,29,31,33,36-38,40,45,49,51H,12,15,17-20H2,1-11H3/t22-,23-,24+,25+,26-,29?,31+,33-,36-,37-,38-,40+,41-,42-/m1/s1. The van der Waals surface area contributed by atoms with Crippen molar-refractivity contribution in [3.8, 4) is 0 Å². The van der Waals surface area contributed by atoms with E-state index in [9.17, 15) is 24.6 Å². The number of fused-ring (bicyclic) bond motifs is 6. The summed E-state index contributed by atoms with van der Waals surface area (Å²) in [5.41, 5.74) is 2.47. The number of esters is 1. The van der Waals surface area contributed by atoms with E-state index in [2.05, 4.69) is 15.5 Å². The molecule has 1 amide bonds. The first-order valence-electron chi connectivity index (χ1n) is 20.4. The van der Waals surface area contributed by atoms with Crippen molar-refractivity contribution < 1.29 is 57.5 Å². The van der Waals surface area contributed by atoms with Gasteiger partial charge in [-0.15, -0.1) is 0 Å². The Kier molecular flexibility index (Phi) is 15.1. The SMILES string of the molecule is CC[C@H]1OC(=O)[C@H](C)C(=O)[C@H](C)[C@@H](O[C@@H]2O[C@H](C)C[C@H](N(C)C)[C@H]2O)[C@@]2(C)C[C@@H](C)C(=NC(C)=O)[C@H](C)[C@@H](OCC(NOCc3ccc4ncoc4c3)CO2)[C@]1(C)O. The number of hydrogen-bond donors (Lipinski definition) is 3. The molecule has 3 fully saturated rings. The molecule has 3 saturated heterocycles. The Morgan fingerprint density at radius 1 is 1.10 bits per heavy atom. The van der Waals surface area contributed by atoms with Crippen LogP contribution in [0.5, 0.6) is 0 Å². The molecule has 0 radical (unpaired) electrons. The van der Waals surface area contributed by atoms with Gasteiger partial charge in [-0.25, -0.2) is 9.98 Å². The second kappa shape index (κ2) is 19.0. The molecule has 16 heteroatoms. The van der Waals surface area contributed by atoms with Crippen LogP contribution in [0.15, 0.2) is 34.0 Å². The lowest BCUT2D eigenvalue weighted by Gasteiger charge is -2.47. The number of carbonyl (C=O) groups is 3. The summed E-state index contributed by atoms with van der Waals surface area (Å²) < 4.78 is 38.1. The van der Waals surface area contributed by atoms with Crippen molar-refractivity contribution in [1.29, 1.82) is 0 Å². The highest BCUT2D eigenvalue weighted by atomic mass is 16.7. The number of carbonyl (C=O) groups excluding carboxylic acids is 3. The maximum Gasteiger partial charge on any atom is 0.316 e. The Hall–Kier alpha value is -3.19. The fraction of sp³-hybridized carbons (Fsp3) is 0.738. The normalized spacial score (nSPS) is 39.2. The fourth-order valence-electron chi connectivity index (χ4n) is 8.94. The highest BCUT2D eigenvalue weighted by Gasteiger charge is 2.53. The molecule has 2 aromatic rings. The molecule has 3 aliphatic rings. The van der Waals surface area contributed by atoms with E-state index in [0.29, 0.717) is 23.2 Å². The summed E-state index contributed by atoms with van der Waals surface area (Å²) in [7, 11) is 3.74. The van der Waals surface area contributed by atoms with Crippen molar-refractivity contribution in [3.63, 3.8) is 0 Å². The van der Waals surface area contributed by atoms with Gasteiger partial charge in [0.1, 0.15) is 29.2 Å². The van der Waals surface area contributed by atoms with E-state index >= 15 is 0 Å². The fourth-order valence-corrected chi connectivity index (χ4v) is 8.94. The van der Waals surface area contributed by atoms with Gasteiger partial charge in [0.05, 0.1) is 49.8 Å². The van der Waals surface area contributed by atoms with Crippen LogP contribution in [0.4, 0.5) is 0 Å². The van der Waals surface area contributed by atoms with E-state index in [4.69, 9.17) is 32.9 Å². The van der Waals surface area contributed by atoms with E-state index < -0.39 is 89.3 Å². The van der Waals surface area contributed by atoms with Crippen LogP contribution in [0.3, 0.4) is 0 Å². The second-order valence-electron chi connectivity index (χ2n) is 17.2. The van der Waals surface area contributed by atoms with E-state index in [1.165, 1.54) is 27.2 Å². The molecule has 3 aliphatic heterocycles. The average Bonchev–Trinajstić information content (AvgIpc) is 3.63. The summed E-state index contributed by atoms with van der Waals surface area (Å²) in [6.45, 7) is 15.3. The number of ether oxygens (including phenoxy) is 5. The molecule has 324 valence electrons. The molecule has 0 aliphatic carbocycles. The van der Waals surface area contributed by atoms with Crippen LogP contribution >= 0.6 is 0 Å². The van der Waals surface area contributed by atoms with Crippen molar-refractivity contribution in [2.75, 3.05) is 27.3 Å².